The molecule has 0 N–H and O–H groups in total. The number of unbranched alkanes of at least 4 members (excludes halogenated alkanes) is 3. The molecule has 0 atom stereocenters. The van der Waals surface area contributed by atoms with Crippen molar-refractivity contribution < 1.29 is 0 Å². The summed E-state index contributed by atoms with van der Waals surface area (Å²) in [5.74, 6) is 1.71. The zero-order chi connectivity index (χ0) is 16.5. The van der Waals surface area contributed by atoms with Gasteiger partial charge in [0.25, 0.3) is 0 Å². The van der Waals surface area contributed by atoms with E-state index in [1.807, 2.05) is 12.4 Å². The van der Waals surface area contributed by atoms with Gasteiger partial charge in [0.15, 0.2) is 0 Å². The molecule has 1 aromatic heterocycles. The number of nitrogens with zero attached hydrogens (tertiary/aromatic N) is 3. The molecular formula is C20H31N3. The molecule has 126 valence electrons. The Hall–Kier alpha value is -1.43. The first-order valence-corrected chi connectivity index (χ1v) is 9.46. The van der Waals surface area contributed by atoms with Crippen LogP contribution in [0.5, 0.6) is 0 Å². The van der Waals surface area contributed by atoms with Crippen molar-refractivity contribution in [3.63, 3.8) is 0 Å². The Bertz CT molecular complexity index is 493. The van der Waals surface area contributed by atoms with Crippen molar-refractivity contribution in [2.75, 3.05) is 0 Å². The highest BCUT2D eigenvalue weighted by Crippen LogP contribution is 2.42. The zero-order valence-electron chi connectivity index (χ0n) is 14.9. The third-order valence-electron chi connectivity index (χ3n) is 5.37. The summed E-state index contributed by atoms with van der Waals surface area (Å²) in [4.78, 5) is 8.93. The van der Waals surface area contributed by atoms with Crippen LogP contribution in [0, 0.1) is 17.2 Å². The second-order valence-corrected chi connectivity index (χ2v) is 7.12. The fourth-order valence-corrected chi connectivity index (χ4v) is 3.74. The Balaban J connectivity index is 1.92. The molecule has 0 bridgehead atoms. The maximum Gasteiger partial charge on any atom is 0.128 e. The van der Waals surface area contributed by atoms with Crippen LogP contribution < -0.4 is 0 Å². The molecule has 1 fully saturated rings. The van der Waals surface area contributed by atoms with E-state index in [0.29, 0.717) is 0 Å². The topological polar surface area (TPSA) is 49.6 Å². The van der Waals surface area contributed by atoms with E-state index < -0.39 is 0 Å². The summed E-state index contributed by atoms with van der Waals surface area (Å²) in [6.45, 7) is 4.39. The molecule has 23 heavy (non-hydrogen) atoms. The minimum absolute atomic E-state index is 0.343. The van der Waals surface area contributed by atoms with Gasteiger partial charge in [-0.15, -0.1) is 0 Å². The molecule has 0 unspecified atom stereocenters. The van der Waals surface area contributed by atoms with Gasteiger partial charge in [0.05, 0.1) is 11.5 Å². The van der Waals surface area contributed by atoms with E-state index in [4.69, 9.17) is 0 Å². The first-order valence-electron chi connectivity index (χ1n) is 9.46. The van der Waals surface area contributed by atoms with Crippen molar-refractivity contribution in [3.05, 3.63) is 23.8 Å². The predicted octanol–water partition coefficient (Wildman–Crippen LogP) is 5.35. The van der Waals surface area contributed by atoms with E-state index in [9.17, 15) is 5.26 Å². The van der Waals surface area contributed by atoms with Gasteiger partial charge in [-0.2, -0.15) is 5.26 Å². The smallest absolute Gasteiger partial charge is 0.128 e. The molecule has 1 aromatic rings. The van der Waals surface area contributed by atoms with Gasteiger partial charge in [0.2, 0.25) is 0 Å². The molecule has 0 saturated heterocycles. The van der Waals surface area contributed by atoms with Crippen molar-refractivity contribution in [2.45, 2.75) is 89.9 Å². The Morgan fingerprint density at radius 2 is 1.78 bits per heavy atom. The van der Waals surface area contributed by atoms with Crippen LogP contribution in [0.3, 0.4) is 0 Å². The highest BCUT2D eigenvalue weighted by molar-refractivity contribution is 5.29. The van der Waals surface area contributed by atoms with Crippen LogP contribution in [-0.4, -0.2) is 9.97 Å². The standard InChI is InChI=1S/C20H31N3/c1-3-5-6-7-9-17-10-12-20(16-21,13-11-17)18-14-22-19(8-4-2)23-15-18/h14-15,17H,3-13H2,1-2H3/t17-,20+. The molecule has 1 saturated carbocycles. The van der Waals surface area contributed by atoms with E-state index in [0.717, 1.165) is 43.0 Å². The van der Waals surface area contributed by atoms with Gasteiger partial charge in [0.1, 0.15) is 5.82 Å². The predicted molar refractivity (Wildman–Crippen MR) is 94.0 cm³/mol. The van der Waals surface area contributed by atoms with Gasteiger partial charge in [-0.3, -0.25) is 0 Å². The average Bonchev–Trinajstić information content (AvgIpc) is 2.60. The summed E-state index contributed by atoms with van der Waals surface area (Å²) < 4.78 is 0. The van der Waals surface area contributed by atoms with Crippen LogP contribution in [0.2, 0.25) is 0 Å². The summed E-state index contributed by atoms with van der Waals surface area (Å²) in [6.07, 6.45) is 16.8. The third-order valence-corrected chi connectivity index (χ3v) is 5.37. The lowest BCUT2D eigenvalue weighted by Crippen LogP contribution is -2.30. The molecule has 0 radical (unpaired) electrons. The molecular weight excluding hydrogens is 282 g/mol. The Morgan fingerprint density at radius 3 is 2.35 bits per heavy atom. The maximum absolute atomic E-state index is 9.79. The number of aromatic nitrogens is 2. The molecule has 2 rings (SSSR count). The summed E-state index contributed by atoms with van der Waals surface area (Å²) in [6, 6.07) is 2.60. The van der Waals surface area contributed by atoms with Crippen LogP contribution in [0.15, 0.2) is 12.4 Å². The monoisotopic (exact) mass is 313 g/mol. The van der Waals surface area contributed by atoms with E-state index in [2.05, 4.69) is 29.9 Å². The minimum atomic E-state index is -0.343. The minimum Gasteiger partial charge on any atom is -0.241 e. The first-order chi connectivity index (χ1) is 11.2. The van der Waals surface area contributed by atoms with E-state index in [-0.39, 0.29) is 5.41 Å². The van der Waals surface area contributed by atoms with E-state index >= 15 is 0 Å². The molecule has 0 amide bonds. The zero-order valence-corrected chi connectivity index (χ0v) is 14.9. The van der Waals surface area contributed by atoms with Crippen LogP contribution in [-0.2, 0) is 11.8 Å². The van der Waals surface area contributed by atoms with E-state index in [1.165, 1.54) is 44.9 Å². The van der Waals surface area contributed by atoms with Crippen LogP contribution >= 0.6 is 0 Å². The van der Waals surface area contributed by atoms with Gasteiger partial charge >= 0.3 is 0 Å². The fourth-order valence-electron chi connectivity index (χ4n) is 3.74. The Labute approximate surface area is 141 Å². The normalized spacial score (nSPS) is 24.3. The molecule has 1 aliphatic rings. The molecule has 0 spiro atoms. The summed E-state index contributed by atoms with van der Waals surface area (Å²) in [5.41, 5.74) is 0.689. The molecule has 0 aliphatic heterocycles. The highest BCUT2D eigenvalue weighted by atomic mass is 14.9. The van der Waals surface area contributed by atoms with Crippen LogP contribution in [0.4, 0.5) is 0 Å². The summed E-state index contributed by atoms with van der Waals surface area (Å²) in [7, 11) is 0. The quantitative estimate of drug-likeness (QED) is 0.608. The SMILES string of the molecule is CCCCCC[C@H]1CC[C@@](C#N)(c2cnc(CCC)nc2)CC1. The summed E-state index contributed by atoms with van der Waals surface area (Å²) >= 11 is 0. The van der Waals surface area contributed by atoms with Gasteiger partial charge in [-0.05, 0) is 38.0 Å². The second kappa shape index (κ2) is 9.01. The highest BCUT2D eigenvalue weighted by Gasteiger charge is 2.37. The van der Waals surface area contributed by atoms with E-state index in [1.54, 1.807) is 0 Å². The molecule has 3 nitrogen and oxygen atoms in total. The molecule has 0 aromatic carbocycles. The number of hydrogen-bond donors (Lipinski definition) is 0. The van der Waals surface area contributed by atoms with Crippen LogP contribution in [0.25, 0.3) is 0 Å². The van der Waals surface area contributed by atoms with Gasteiger partial charge in [-0.1, -0.05) is 46.0 Å². The maximum atomic E-state index is 9.79. The van der Waals surface area contributed by atoms with Gasteiger partial charge < -0.3 is 0 Å². The lowest BCUT2D eigenvalue weighted by Gasteiger charge is -2.35. The van der Waals surface area contributed by atoms with Crippen molar-refractivity contribution >= 4 is 0 Å². The van der Waals surface area contributed by atoms with Crippen molar-refractivity contribution in [3.8, 4) is 6.07 Å². The number of nitriles is 1. The average molecular weight is 313 g/mol. The first kappa shape index (κ1) is 17.9. The van der Waals surface area contributed by atoms with Gasteiger partial charge in [-0.25, -0.2) is 9.97 Å². The molecule has 1 aliphatic carbocycles. The largest absolute Gasteiger partial charge is 0.241 e. The van der Waals surface area contributed by atoms with Gasteiger partial charge in [0, 0.05) is 24.4 Å². The van der Waals surface area contributed by atoms with Crippen molar-refractivity contribution in [1.29, 1.82) is 5.26 Å². The summed E-state index contributed by atoms with van der Waals surface area (Å²) in [5, 5.41) is 9.79. The fraction of sp³-hybridized carbons (Fsp3) is 0.750. The van der Waals surface area contributed by atoms with Crippen LogP contribution in [0.1, 0.15) is 89.4 Å². The third kappa shape index (κ3) is 4.77. The Morgan fingerprint density at radius 1 is 1.09 bits per heavy atom. The van der Waals surface area contributed by atoms with Crippen molar-refractivity contribution in [1.82, 2.24) is 9.97 Å². The number of rotatable bonds is 8. The lowest BCUT2D eigenvalue weighted by atomic mass is 9.67. The van der Waals surface area contributed by atoms with Crippen molar-refractivity contribution in [2.24, 2.45) is 5.92 Å². The Kier molecular flexibility index (Phi) is 7.02. The lowest BCUT2D eigenvalue weighted by molar-refractivity contribution is 0.260. The molecule has 1 heterocycles. The number of hydrogen-bond acceptors (Lipinski definition) is 3. The second-order valence-electron chi connectivity index (χ2n) is 7.12. The molecule has 3 heteroatoms. The number of aryl methyl sites for hydroxylation is 1.